The SMILES string of the molecule is O=C(COC(=O)CCS(=O)(=O)c1ccc2c(c1)OCCO2)Nc1ccc(Cl)cc1. The Morgan fingerprint density at radius 3 is 2.45 bits per heavy atom. The lowest BCUT2D eigenvalue weighted by molar-refractivity contribution is -0.146. The number of hydrogen-bond acceptors (Lipinski definition) is 7. The van der Waals surface area contributed by atoms with E-state index in [0.717, 1.165) is 0 Å². The molecule has 0 bridgehead atoms. The third-order valence-corrected chi connectivity index (χ3v) is 5.91. The minimum Gasteiger partial charge on any atom is -0.486 e. The molecule has 0 aromatic heterocycles. The van der Waals surface area contributed by atoms with Gasteiger partial charge in [0.1, 0.15) is 13.2 Å². The summed E-state index contributed by atoms with van der Waals surface area (Å²) in [6, 6.07) is 10.7. The average Bonchev–Trinajstić information content (AvgIpc) is 2.72. The topological polar surface area (TPSA) is 108 Å². The molecule has 154 valence electrons. The van der Waals surface area contributed by atoms with Crippen LogP contribution in [0.2, 0.25) is 5.02 Å². The third kappa shape index (κ3) is 5.85. The smallest absolute Gasteiger partial charge is 0.307 e. The molecule has 0 saturated heterocycles. The van der Waals surface area contributed by atoms with Gasteiger partial charge in [-0.2, -0.15) is 0 Å². The Kier molecular flexibility index (Phi) is 6.60. The highest BCUT2D eigenvalue weighted by molar-refractivity contribution is 7.91. The van der Waals surface area contributed by atoms with E-state index >= 15 is 0 Å². The predicted molar refractivity (Wildman–Crippen MR) is 105 cm³/mol. The van der Waals surface area contributed by atoms with E-state index in [1.54, 1.807) is 24.3 Å². The molecule has 8 nitrogen and oxygen atoms in total. The summed E-state index contributed by atoms with van der Waals surface area (Å²) in [5, 5.41) is 3.05. The highest BCUT2D eigenvalue weighted by Crippen LogP contribution is 2.32. The van der Waals surface area contributed by atoms with Crippen LogP contribution in [0.25, 0.3) is 0 Å². The van der Waals surface area contributed by atoms with Crippen molar-refractivity contribution in [1.29, 1.82) is 0 Å². The first-order valence-corrected chi connectivity index (χ1v) is 10.7. The molecule has 10 heteroatoms. The van der Waals surface area contributed by atoms with Crippen molar-refractivity contribution in [1.82, 2.24) is 0 Å². The molecular weight excluding hydrogens is 422 g/mol. The van der Waals surface area contributed by atoms with E-state index in [2.05, 4.69) is 5.32 Å². The van der Waals surface area contributed by atoms with Gasteiger partial charge in [0.25, 0.3) is 5.91 Å². The fraction of sp³-hybridized carbons (Fsp3) is 0.263. The highest BCUT2D eigenvalue weighted by atomic mass is 35.5. The first-order valence-electron chi connectivity index (χ1n) is 8.67. The van der Waals surface area contributed by atoms with Gasteiger partial charge in [-0.3, -0.25) is 9.59 Å². The summed E-state index contributed by atoms with van der Waals surface area (Å²) in [5.41, 5.74) is 0.497. The van der Waals surface area contributed by atoms with Crippen LogP contribution in [0.3, 0.4) is 0 Å². The van der Waals surface area contributed by atoms with E-state index in [4.69, 9.17) is 25.8 Å². The fourth-order valence-corrected chi connectivity index (χ4v) is 3.86. The van der Waals surface area contributed by atoms with E-state index in [-0.39, 0.29) is 11.3 Å². The Morgan fingerprint density at radius 2 is 1.72 bits per heavy atom. The molecule has 0 radical (unpaired) electrons. The van der Waals surface area contributed by atoms with Crippen LogP contribution in [-0.2, 0) is 24.2 Å². The second-order valence-electron chi connectivity index (χ2n) is 6.09. The molecule has 1 heterocycles. The number of ether oxygens (including phenoxy) is 3. The fourth-order valence-electron chi connectivity index (χ4n) is 2.50. The molecule has 0 aliphatic carbocycles. The minimum absolute atomic E-state index is 0.0232. The summed E-state index contributed by atoms with van der Waals surface area (Å²) in [6.45, 7) is 0.211. The number of fused-ring (bicyclic) bond motifs is 1. The zero-order valence-corrected chi connectivity index (χ0v) is 16.8. The standard InChI is InChI=1S/C19H18ClNO7S/c20-13-1-3-14(4-2-13)21-18(22)12-28-19(23)7-10-29(24,25)15-5-6-16-17(11-15)27-9-8-26-16/h1-6,11H,7-10,12H2,(H,21,22). The Balaban J connectivity index is 1.48. The molecule has 3 rings (SSSR count). The molecule has 0 atom stereocenters. The first-order chi connectivity index (χ1) is 13.8. The summed E-state index contributed by atoms with van der Waals surface area (Å²) in [7, 11) is -3.73. The molecule has 1 aliphatic heterocycles. The van der Waals surface area contributed by atoms with Gasteiger partial charge in [0.15, 0.2) is 27.9 Å². The molecule has 0 spiro atoms. The predicted octanol–water partition coefficient (Wildman–Crippen LogP) is 2.46. The van der Waals surface area contributed by atoms with Crippen molar-refractivity contribution in [2.24, 2.45) is 0 Å². The molecule has 1 aliphatic rings. The Hall–Kier alpha value is -2.78. The average molecular weight is 440 g/mol. The molecule has 1 amide bonds. The zero-order chi connectivity index (χ0) is 20.9. The van der Waals surface area contributed by atoms with Crippen molar-refractivity contribution in [2.75, 3.05) is 30.9 Å². The van der Waals surface area contributed by atoms with Crippen molar-refractivity contribution in [3.05, 3.63) is 47.5 Å². The molecule has 0 unspecified atom stereocenters. The minimum atomic E-state index is -3.73. The van der Waals surface area contributed by atoms with Gasteiger partial charge in [-0.05, 0) is 36.4 Å². The van der Waals surface area contributed by atoms with Gasteiger partial charge >= 0.3 is 5.97 Å². The van der Waals surface area contributed by atoms with Crippen molar-refractivity contribution >= 4 is 39.0 Å². The Bertz CT molecular complexity index is 1010. The number of rotatable bonds is 7. The van der Waals surface area contributed by atoms with Crippen LogP contribution in [0.1, 0.15) is 6.42 Å². The maximum atomic E-state index is 12.4. The molecule has 0 saturated carbocycles. The molecule has 2 aromatic rings. The van der Waals surface area contributed by atoms with Crippen molar-refractivity contribution in [3.8, 4) is 11.5 Å². The summed E-state index contributed by atoms with van der Waals surface area (Å²) in [4.78, 5) is 23.6. The number of benzene rings is 2. The zero-order valence-electron chi connectivity index (χ0n) is 15.2. The summed E-state index contributed by atoms with van der Waals surface area (Å²) in [6.07, 6.45) is -0.384. The summed E-state index contributed by atoms with van der Waals surface area (Å²) >= 11 is 5.76. The third-order valence-electron chi connectivity index (χ3n) is 3.94. The lowest BCUT2D eigenvalue weighted by Crippen LogP contribution is -2.22. The van der Waals surface area contributed by atoms with Crippen LogP contribution in [0, 0.1) is 0 Å². The van der Waals surface area contributed by atoms with Gasteiger partial charge in [0.2, 0.25) is 0 Å². The first kappa shape index (κ1) is 20.9. The number of esters is 1. The van der Waals surface area contributed by atoms with E-state index < -0.39 is 34.1 Å². The monoisotopic (exact) mass is 439 g/mol. The van der Waals surface area contributed by atoms with Crippen LogP contribution in [0.15, 0.2) is 47.4 Å². The number of amides is 1. The largest absolute Gasteiger partial charge is 0.486 e. The maximum Gasteiger partial charge on any atom is 0.307 e. The van der Waals surface area contributed by atoms with Crippen LogP contribution in [0.4, 0.5) is 5.69 Å². The Morgan fingerprint density at radius 1 is 1.03 bits per heavy atom. The molecule has 0 fully saturated rings. The Labute approximate surface area is 172 Å². The molecule has 1 N–H and O–H groups in total. The number of sulfone groups is 1. The van der Waals surface area contributed by atoms with Crippen LogP contribution >= 0.6 is 11.6 Å². The highest BCUT2D eigenvalue weighted by Gasteiger charge is 2.21. The van der Waals surface area contributed by atoms with E-state index in [1.807, 2.05) is 0 Å². The number of carbonyl (C=O) groups is 2. The summed E-state index contributed by atoms with van der Waals surface area (Å²) in [5.74, 6) is -0.975. The van der Waals surface area contributed by atoms with E-state index in [0.29, 0.717) is 35.4 Å². The van der Waals surface area contributed by atoms with Gasteiger partial charge in [0.05, 0.1) is 17.1 Å². The van der Waals surface area contributed by atoms with Crippen LogP contribution in [0.5, 0.6) is 11.5 Å². The number of hydrogen-bond donors (Lipinski definition) is 1. The number of halogens is 1. The van der Waals surface area contributed by atoms with E-state index in [1.165, 1.54) is 18.2 Å². The van der Waals surface area contributed by atoms with E-state index in [9.17, 15) is 18.0 Å². The van der Waals surface area contributed by atoms with Crippen LogP contribution < -0.4 is 14.8 Å². The quantitative estimate of drug-likeness (QED) is 0.660. The van der Waals surface area contributed by atoms with Gasteiger partial charge in [-0.25, -0.2) is 8.42 Å². The molecule has 2 aromatic carbocycles. The maximum absolute atomic E-state index is 12.4. The van der Waals surface area contributed by atoms with Crippen LogP contribution in [-0.4, -0.2) is 45.9 Å². The molecule has 29 heavy (non-hydrogen) atoms. The number of nitrogens with one attached hydrogen (secondary N) is 1. The van der Waals surface area contributed by atoms with Crippen molar-refractivity contribution < 1.29 is 32.2 Å². The van der Waals surface area contributed by atoms with Gasteiger partial charge in [-0.1, -0.05) is 11.6 Å². The lowest BCUT2D eigenvalue weighted by atomic mass is 10.3. The molecular formula is C19H18ClNO7S. The lowest BCUT2D eigenvalue weighted by Gasteiger charge is -2.18. The van der Waals surface area contributed by atoms with Gasteiger partial charge in [0, 0.05) is 16.8 Å². The van der Waals surface area contributed by atoms with Crippen molar-refractivity contribution in [2.45, 2.75) is 11.3 Å². The van der Waals surface area contributed by atoms with Crippen molar-refractivity contribution in [3.63, 3.8) is 0 Å². The second-order valence-corrected chi connectivity index (χ2v) is 8.64. The van der Waals surface area contributed by atoms with Gasteiger partial charge in [-0.15, -0.1) is 0 Å². The second kappa shape index (κ2) is 9.15. The number of anilines is 1. The van der Waals surface area contributed by atoms with Gasteiger partial charge < -0.3 is 19.5 Å². The normalized spacial score (nSPS) is 12.9. The summed E-state index contributed by atoms with van der Waals surface area (Å²) < 4.78 is 40.4. The number of carbonyl (C=O) groups excluding carboxylic acids is 2.